The van der Waals surface area contributed by atoms with E-state index in [2.05, 4.69) is 36.3 Å². The number of nitrogens with zero attached hydrogens (tertiary/aromatic N) is 3. The highest BCUT2D eigenvalue weighted by atomic mass is 16.6. The Kier molecular flexibility index (Phi) is 5.29. The number of likely N-dealkylation sites (N-methyl/N-ethyl adjacent to an activating group) is 1. The van der Waals surface area contributed by atoms with Gasteiger partial charge in [-0.2, -0.15) is 0 Å². The first-order valence-corrected chi connectivity index (χ1v) is 9.98. The fraction of sp³-hybridized carbons (Fsp3) is 0.364. The molecule has 2 aliphatic rings. The summed E-state index contributed by atoms with van der Waals surface area (Å²) < 4.78 is 5.01. The highest BCUT2D eigenvalue weighted by Gasteiger charge is 2.29. The van der Waals surface area contributed by atoms with Gasteiger partial charge >= 0.3 is 12.1 Å². The second kappa shape index (κ2) is 8.03. The molecule has 2 aromatic carbocycles. The van der Waals surface area contributed by atoms with E-state index in [0.717, 1.165) is 29.9 Å². The molecule has 0 spiro atoms. The number of nitrogens with one attached hydrogen (secondary N) is 1. The third-order valence-corrected chi connectivity index (χ3v) is 5.57. The van der Waals surface area contributed by atoms with E-state index in [1.165, 1.54) is 0 Å². The van der Waals surface area contributed by atoms with E-state index in [-0.39, 0.29) is 18.2 Å². The molecule has 0 unspecified atom stereocenters. The van der Waals surface area contributed by atoms with Gasteiger partial charge in [-0.3, -0.25) is 4.90 Å². The number of hydrogen-bond acceptors (Lipinski definition) is 4. The first kappa shape index (κ1) is 19.1. The molecule has 4 rings (SSSR count). The number of carbonyl (C=O) groups is 2. The van der Waals surface area contributed by atoms with E-state index < -0.39 is 0 Å². The standard InChI is InChI=1S/C22H26N4O3/c1-3-18-15-24(2)20-10-5-4-7-16(20)14-26(18)21(27)23-17-8-6-9-19(13-17)25-11-12-29-22(25)28/h4-10,13,18H,3,11-12,14-15H2,1-2H3,(H,23,27)/t18-/m1/s1. The van der Waals surface area contributed by atoms with Gasteiger partial charge in [0.15, 0.2) is 0 Å². The predicted octanol–water partition coefficient (Wildman–Crippen LogP) is 3.91. The first-order chi connectivity index (χ1) is 14.1. The van der Waals surface area contributed by atoms with Gasteiger partial charge in [-0.25, -0.2) is 9.59 Å². The molecule has 7 nitrogen and oxygen atoms in total. The van der Waals surface area contributed by atoms with Crippen LogP contribution in [0.4, 0.5) is 26.7 Å². The zero-order chi connectivity index (χ0) is 20.4. The molecule has 29 heavy (non-hydrogen) atoms. The minimum Gasteiger partial charge on any atom is -0.447 e. The van der Waals surface area contributed by atoms with Gasteiger partial charge in [-0.15, -0.1) is 0 Å². The Morgan fingerprint density at radius 1 is 1.21 bits per heavy atom. The molecule has 2 aromatic rings. The van der Waals surface area contributed by atoms with Crippen molar-refractivity contribution in [1.82, 2.24) is 4.90 Å². The zero-order valence-corrected chi connectivity index (χ0v) is 16.8. The number of carbonyl (C=O) groups excluding carboxylic acids is 2. The summed E-state index contributed by atoms with van der Waals surface area (Å²) in [6, 6.07) is 15.5. The Morgan fingerprint density at radius 2 is 2.03 bits per heavy atom. The Balaban J connectivity index is 1.55. The van der Waals surface area contributed by atoms with Gasteiger partial charge in [0, 0.05) is 37.2 Å². The quantitative estimate of drug-likeness (QED) is 0.857. The van der Waals surface area contributed by atoms with E-state index in [1.54, 1.807) is 4.90 Å². The van der Waals surface area contributed by atoms with Crippen molar-refractivity contribution in [1.29, 1.82) is 0 Å². The lowest BCUT2D eigenvalue weighted by Crippen LogP contribution is -2.45. The van der Waals surface area contributed by atoms with Crippen molar-refractivity contribution in [3.8, 4) is 0 Å². The van der Waals surface area contributed by atoms with E-state index in [1.807, 2.05) is 41.3 Å². The van der Waals surface area contributed by atoms with Gasteiger partial charge in [-0.05, 0) is 36.2 Å². The fourth-order valence-electron chi connectivity index (χ4n) is 4.00. The molecule has 0 aliphatic carbocycles. The highest BCUT2D eigenvalue weighted by Crippen LogP contribution is 2.28. The third kappa shape index (κ3) is 3.85. The fourth-order valence-corrected chi connectivity index (χ4v) is 4.00. The summed E-state index contributed by atoms with van der Waals surface area (Å²) in [6.45, 7) is 4.34. The molecule has 1 atom stereocenters. The maximum Gasteiger partial charge on any atom is 0.414 e. The van der Waals surface area contributed by atoms with Crippen molar-refractivity contribution < 1.29 is 14.3 Å². The minimum atomic E-state index is -0.355. The third-order valence-electron chi connectivity index (χ3n) is 5.57. The lowest BCUT2D eigenvalue weighted by Gasteiger charge is -2.30. The number of rotatable bonds is 3. The molecule has 0 saturated carbocycles. The molecule has 1 fully saturated rings. The first-order valence-electron chi connectivity index (χ1n) is 9.98. The van der Waals surface area contributed by atoms with Crippen molar-refractivity contribution >= 4 is 29.2 Å². The van der Waals surface area contributed by atoms with Gasteiger partial charge < -0.3 is 19.9 Å². The van der Waals surface area contributed by atoms with Gasteiger partial charge in [0.2, 0.25) is 0 Å². The van der Waals surface area contributed by atoms with Crippen molar-refractivity contribution in [3.05, 3.63) is 54.1 Å². The van der Waals surface area contributed by atoms with Crippen LogP contribution in [0.2, 0.25) is 0 Å². The van der Waals surface area contributed by atoms with E-state index in [4.69, 9.17) is 4.74 Å². The largest absolute Gasteiger partial charge is 0.447 e. The molecular formula is C22H26N4O3. The molecule has 1 N–H and O–H groups in total. The highest BCUT2D eigenvalue weighted by molar-refractivity contribution is 5.93. The zero-order valence-electron chi connectivity index (χ0n) is 16.8. The summed E-state index contributed by atoms with van der Waals surface area (Å²) in [4.78, 5) is 30.7. The van der Waals surface area contributed by atoms with Gasteiger partial charge in [0.25, 0.3) is 0 Å². The summed E-state index contributed by atoms with van der Waals surface area (Å²) in [5, 5.41) is 3.02. The Labute approximate surface area is 170 Å². The molecule has 2 aliphatic heterocycles. The van der Waals surface area contributed by atoms with Crippen LogP contribution in [-0.4, -0.2) is 49.8 Å². The van der Waals surface area contributed by atoms with Crippen LogP contribution in [-0.2, 0) is 11.3 Å². The van der Waals surface area contributed by atoms with Crippen LogP contribution in [0.3, 0.4) is 0 Å². The topological polar surface area (TPSA) is 65.1 Å². The number of benzene rings is 2. The number of ether oxygens (including phenoxy) is 1. The van der Waals surface area contributed by atoms with E-state index >= 15 is 0 Å². The summed E-state index contributed by atoms with van der Waals surface area (Å²) >= 11 is 0. The minimum absolute atomic E-state index is 0.101. The molecule has 152 valence electrons. The number of amides is 3. The molecule has 2 heterocycles. The van der Waals surface area contributed by atoms with Crippen LogP contribution in [0.25, 0.3) is 0 Å². The molecule has 7 heteroatoms. The van der Waals surface area contributed by atoms with Crippen LogP contribution in [0.15, 0.2) is 48.5 Å². The number of anilines is 3. The van der Waals surface area contributed by atoms with Crippen LogP contribution in [0.5, 0.6) is 0 Å². The average molecular weight is 394 g/mol. The summed E-state index contributed by atoms with van der Waals surface area (Å²) in [6.07, 6.45) is 0.512. The van der Waals surface area contributed by atoms with Crippen molar-refractivity contribution in [2.45, 2.75) is 25.9 Å². The van der Waals surface area contributed by atoms with Crippen LogP contribution in [0, 0.1) is 0 Å². The van der Waals surface area contributed by atoms with Crippen LogP contribution < -0.4 is 15.1 Å². The molecular weight excluding hydrogens is 368 g/mol. The van der Waals surface area contributed by atoms with Gasteiger partial charge in [0.05, 0.1) is 12.6 Å². The lowest BCUT2D eigenvalue weighted by molar-refractivity contribution is 0.181. The van der Waals surface area contributed by atoms with Gasteiger partial charge in [-0.1, -0.05) is 31.2 Å². The lowest BCUT2D eigenvalue weighted by atomic mass is 10.1. The molecule has 1 saturated heterocycles. The summed E-state index contributed by atoms with van der Waals surface area (Å²) in [7, 11) is 2.07. The number of urea groups is 1. The second-order valence-corrected chi connectivity index (χ2v) is 7.45. The number of para-hydroxylation sites is 1. The SMILES string of the molecule is CC[C@@H]1CN(C)c2ccccc2CN1C(=O)Nc1cccc(N2CCOC2=O)c1. The molecule has 3 amide bonds. The monoisotopic (exact) mass is 394 g/mol. The number of fused-ring (bicyclic) bond motifs is 1. The summed E-state index contributed by atoms with van der Waals surface area (Å²) in [5.41, 5.74) is 3.68. The smallest absolute Gasteiger partial charge is 0.414 e. The van der Waals surface area contributed by atoms with Crippen LogP contribution in [0.1, 0.15) is 18.9 Å². The van der Waals surface area contributed by atoms with E-state index in [0.29, 0.717) is 25.4 Å². The molecule has 0 bridgehead atoms. The predicted molar refractivity (Wildman–Crippen MR) is 113 cm³/mol. The van der Waals surface area contributed by atoms with Crippen molar-refractivity contribution in [3.63, 3.8) is 0 Å². The van der Waals surface area contributed by atoms with Crippen molar-refractivity contribution in [2.24, 2.45) is 0 Å². The second-order valence-electron chi connectivity index (χ2n) is 7.45. The number of cyclic esters (lactones) is 1. The molecule has 0 radical (unpaired) electrons. The Bertz CT molecular complexity index is 916. The maximum atomic E-state index is 13.2. The Hall–Kier alpha value is -3.22. The van der Waals surface area contributed by atoms with E-state index in [9.17, 15) is 9.59 Å². The summed E-state index contributed by atoms with van der Waals surface area (Å²) in [5.74, 6) is 0. The molecule has 0 aromatic heterocycles. The normalized spacial score (nSPS) is 18.9. The van der Waals surface area contributed by atoms with Crippen molar-refractivity contribution in [2.75, 3.05) is 41.9 Å². The Morgan fingerprint density at radius 3 is 2.79 bits per heavy atom. The number of hydrogen-bond donors (Lipinski definition) is 1. The average Bonchev–Trinajstić information content (AvgIpc) is 3.10. The maximum absolute atomic E-state index is 13.2. The van der Waals surface area contributed by atoms with Gasteiger partial charge in [0.1, 0.15) is 6.61 Å². The van der Waals surface area contributed by atoms with Crippen LogP contribution >= 0.6 is 0 Å².